The minimum atomic E-state index is 0.238. The molecule has 20 heavy (non-hydrogen) atoms. The highest BCUT2D eigenvalue weighted by molar-refractivity contribution is 5.62. The molecular weight excluding hydrogens is 252 g/mol. The Kier molecular flexibility index (Phi) is 4.08. The zero-order valence-electron chi connectivity index (χ0n) is 12.3. The van der Waals surface area contributed by atoms with Crippen LogP contribution in [-0.4, -0.2) is 24.1 Å². The molecule has 0 aliphatic rings. The molecule has 0 saturated carbocycles. The summed E-state index contributed by atoms with van der Waals surface area (Å²) < 4.78 is 5.16. The van der Waals surface area contributed by atoms with Crippen LogP contribution < -0.4 is 15.4 Å². The fraction of sp³-hybridized carbons (Fsp3) is 0.333. The number of hydrogen-bond acceptors (Lipinski definition) is 5. The van der Waals surface area contributed by atoms with Gasteiger partial charge in [0.1, 0.15) is 23.2 Å². The largest absolute Gasteiger partial charge is 0.497 e. The van der Waals surface area contributed by atoms with Crippen molar-refractivity contribution in [3.8, 4) is 5.75 Å². The second-order valence-electron chi connectivity index (χ2n) is 4.92. The number of nitrogens with two attached hydrogens (primary N) is 1. The molecule has 5 nitrogen and oxygen atoms in total. The molecule has 0 bridgehead atoms. The van der Waals surface area contributed by atoms with Gasteiger partial charge in [-0.05, 0) is 24.3 Å². The van der Waals surface area contributed by atoms with E-state index in [9.17, 15) is 0 Å². The van der Waals surface area contributed by atoms with E-state index in [1.54, 1.807) is 13.2 Å². The molecule has 1 aromatic heterocycles. The first kappa shape index (κ1) is 14.1. The van der Waals surface area contributed by atoms with Crippen molar-refractivity contribution in [3.63, 3.8) is 0 Å². The highest BCUT2D eigenvalue weighted by Gasteiger charge is 2.11. The Morgan fingerprint density at radius 3 is 2.35 bits per heavy atom. The fourth-order valence-electron chi connectivity index (χ4n) is 1.84. The quantitative estimate of drug-likeness (QED) is 0.927. The normalized spacial score (nSPS) is 10.7. The minimum Gasteiger partial charge on any atom is -0.497 e. The minimum absolute atomic E-state index is 0.238. The topological polar surface area (TPSA) is 64.3 Å². The third-order valence-electron chi connectivity index (χ3n) is 3.07. The Morgan fingerprint density at radius 1 is 1.15 bits per heavy atom. The second kappa shape index (κ2) is 5.77. The predicted molar refractivity (Wildman–Crippen MR) is 81.6 cm³/mol. The van der Waals surface area contributed by atoms with E-state index in [0.717, 1.165) is 23.1 Å². The summed E-state index contributed by atoms with van der Waals surface area (Å²) in [7, 11) is 3.60. The van der Waals surface area contributed by atoms with Gasteiger partial charge in [0.2, 0.25) is 0 Å². The standard InChI is InChI=1S/C15H20N4O/c1-10(2)15-17-13(16)9-14(18-15)19(3)11-5-7-12(20-4)8-6-11/h5-10H,1-4H3,(H2,16,17,18). The van der Waals surface area contributed by atoms with E-state index < -0.39 is 0 Å². The van der Waals surface area contributed by atoms with Crippen molar-refractivity contribution in [2.75, 3.05) is 24.8 Å². The molecule has 5 heteroatoms. The van der Waals surface area contributed by atoms with Gasteiger partial charge in [0.25, 0.3) is 0 Å². The molecule has 0 atom stereocenters. The maximum atomic E-state index is 5.86. The SMILES string of the molecule is COc1ccc(N(C)c2cc(N)nc(C(C)C)n2)cc1. The summed E-state index contributed by atoms with van der Waals surface area (Å²) in [5.74, 6) is 3.08. The first-order chi connectivity index (χ1) is 9.51. The van der Waals surface area contributed by atoms with E-state index in [2.05, 4.69) is 9.97 Å². The Bertz CT molecular complexity index is 581. The van der Waals surface area contributed by atoms with Crippen LogP contribution in [-0.2, 0) is 0 Å². The highest BCUT2D eigenvalue weighted by atomic mass is 16.5. The lowest BCUT2D eigenvalue weighted by molar-refractivity contribution is 0.415. The number of hydrogen-bond donors (Lipinski definition) is 1. The van der Waals surface area contributed by atoms with Crippen molar-refractivity contribution in [1.29, 1.82) is 0 Å². The molecule has 0 unspecified atom stereocenters. The average molecular weight is 272 g/mol. The summed E-state index contributed by atoms with van der Waals surface area (Å²) in [5, 5.41) is 0. The number of aromatic nitrogens is 2. The van der Waals surface area contributed by atoms with Gasteiger partial charge in [0, 0.05) is 24.7 Å². The highest BCUT2D eigenvalue weighted by Crippen LogP contribution is 2.26. The van der Waals surface area contributed by atoms with Crippen molar-refractivity contribution in [2.45, 2.75) is 19.8 Å². The van der Waals surface area contributed by atoms with Crippen LogP contribution >= 0.6 is 0 Å². The first-order valence-corrected chi connectivity index (χ1v) is 6.53. The maximum absolute atomic E-state index is 5.86. The van der Waals surface area contributed by atoms with Gasteiger partial charge in [-0.3, -0.25) is 0 Å². The lowest BCUT2D eigenvalue weighted by Gasteiger charge is -2.20. The predicted octanol–water partition coefficient (Wildman–Crippen LogP) is 2.96. The average Bonchev–Trinajstić information content (AvgIpc) is 2.46. The Morgan fingerprint density at radius 2 is 1.80 bits per heavy atom. The van der Waals surface area contributed by atoms with Crippen LogP contribution in [0.1, 0.15) is 25.6 Å². The first-order valence-electron chi connectivity index (χ1n) is 6.53. The van der Waals surface area contributed by atoms with E-state index in [1.165, 1.54) is 0 Å². The molecule has 2 N–H and O–H groups in total. The van der Waals surface area contributed by atoms with Gasteiger partial charge >= 0.3 is 0 Å². The van der Waals surface area contributed by atoms with E-state index >= 15 is 0 Å². The summed E-state index contributed by atoms with van der Waals surface area (Å²) in [6.45, 7) is 4.10. The third kappa shape index (κ3) is 2.99. The van der Waals surface area contributed by atoms with Crippen LogP contribution in [0, 0.1) is 0 Å². The van der Waals surface area contributed by atoms with Crippen LogP contribution in [0.15, 0.2) is 30.3 Å². The molecular formula is C15H20N4O. The molecule has 2 rings (SSSR count). The summed E-state index contributed by atoms with van der Waals surface area (Å²) in [6, 6.07) is 9.56. The van der Waals surface area contributed by atoms with Crippen LogP contribution in [0.4, 0.5) is 17.3 Å². The van der Waals surface area contributed by atoms with Gasteiger partial charge in [0.15, 0.2) is 0 Å². The Labute approximate surface area is 119 Å². The van der Waals surface area contributed by atoms with Crippen molar-refractivity contribution >= 4 is 17.3 Å². The molecule has 0 aliphatic heterocycles. The van der Waals surface area contributed by atoms with Crippen molar-refractivity contribution in [1.82, 2.24) is 9.97 Å². The van der Waals surface area contributed by atoms with Crippen molar-refractivity contribution in [2.24, 2.45) is 0 Å². The molecule has 0 radical (unpaired) electrons. The smallest absolute Gasteiger partial charge is 0.138 e. The second-order valence-corrected chi connectivity index (χ2v) is 4.92. The number of benzene rings is 1. The van der Waals surface area contributed by atoms with Crippen LogP contribution in [0.25, 0.3) is 0 Å². The molecule has 0 saturated heterocycles. The molecule has 0 aliphatic carbocycles. The summed E-state index contributed by atoms with van der Waals surface area (Å²) >= 11 is 0. The summed E-state index contributed by atoms with van der Waals surface area (Å²) in [4.78, 5) is 10.8. The monoisotopic (exact) mass is 272 g/mol. The summed E-state index contributed by atoms with van der Waals surface area (Å²) in [6.07, 6.45) is 0. The fourth-order valence-corrected chi connectivity index (χ4v) is 1.84. The van der Waals surface area contributed by atoms with Crippen molar-refractivity contribution < 1.29 is 4.74 Å². The molecule has 106 valence electrons. The van der Waals surface area contributed by atoms with E-state index in [1.807, 2.05) is 50.1 Å². The van der Waals surface area contributed by atoms with Gasteiger partial charge in [-0.1, -0.05) is 13.8 Å². The lowest BCUT2D eigenvalue weighted by atomic mass is 10.2. The van der Waals surface area contributed by atoms with Gasteiger partial charge in [-0.25, -0.2) is 9.97 Å². The number of rotatable bonds is 4. The van der Waals surface area contributed by atoms with Gasteiger partial charge in [-0.2, -0.15) is 0 Å². The number of ether oxygens (including phenoxy) is 1. The van der Waals surface area contributed by atoms with Gasteiger partial charge in [0.05, 0.1) is 7.11 Å². The lowest BCUT2D eigenvalue weighted by Crippen LogP contribution is -2.14. The van der Waals surface area contributed by atoms with E-state index in [-0.39, 0.29) is 5.92 Å². The Hall–Kier alpha value is -2.30. The molecule has 0 spiro atoms. The number of nitrogens with zero attached hydrogens (tertiary/aromatic N) is 3. The summed E-state index contributed by atoms with van der Waals surface area (Å²) in [5.41, 5.74) is 6.87. The molecule has 0 amide bonds. The van der Waals surface area contributed by atoms with E-state index in [4.69, 9.17) is 10.5 Å². The van der Waals surface area contributed by atoms with Crippen LogP contribution in [0.5, 0.6) is 5.75 Å². The maximum Gasteiger partial charge on any atom is 0.138 e. The Balaban J connectivity index is 2.34. The van der Waals surface area contributed by atoms with Crippen LogP contribution in [0.3, 0.4) is 0 Å². The van der Waals surface area contributed by atoms with Crippen LogP contribution in [0.2, 0.25) is 0 Å². The van der Waals surface area contributed by atoms with Gasteiger partial charge < -0.3 is 15.4 Å². The molecule has 1 aromatic carbocycles. The molecule has 2 aromatic rings. The van der Waals surface area contributed by atoms with E-state index in [0.29, 0.717) is 5.82 Å². The zero-order valence-corrected chi connectivity index (χ0v) is 12.3. The third-order valence-corrected chi connectivity index (χ3v) is 3.07. The van der Waals surface area contributed by atoms with Gasteiger partial charge in [-0.15, -0.1) is 0 Å². The van der Waals surface area contributed by atoms with Crippen molar-refractivity contribution in [3.05, 3.63) is 36.2 Å². The molecule has 0 fully saturated rings. The number of anilines is 3. The number of methoxy groups -OCH3 is 1. The molecule has 1 heterocycles. The number of nitrogen functional groups attached to an aromatic ring is 1. The zero-order chi connectivity index (χ0) is 14.7.